The summed E-state index contributed by atoms with van der Waals surface area (Å²) in [6.45, 7) is 0.212. The SMILES string of the molecule is O=C(N[C@@H]1COc2ccccc21)c1nn(-c2ccccc2C(F)(F)F)cc1O. The fourth-order valence-electron chi connectivity index (χ4n) is 3.07. The molecular weight excluding hydrogens is 375 g/mol. The van der Waals surface area contributed by atoms with E-state index < -0.39 is 29.4 Å². The van der Waals surface area contributed by atoms with Crippen LogP contribution in [0.5, 0.6) is 11.5 Å². The molecule has 0 saturated heterocycles. The second-order valence-corrected chi connectivity index (χ2v) is 6.20. The quantitative estimate of drug-likeness (QED) is 0.719. The van der Waals surface area contributed by atoms with Crippen LogP contribution in [0.4, 0.5) is 13.2 Å². The summed E-state index contributed by atoms with van der Waals surface area (Å²) in [5.41, 5.74) is -0.819. The fraction of sp³-hybridized carbons (Fsp3) is 0.158. The van der Waals surface area contributed by atoms with Crippen molar-refractivity contribution in [1.29, 1.82) is 0 Å². The Bertz CT molecular complexity index is 1050. The second kappa shape index (κ2) is 6.59. The molecule has 0 spiro atoms. The first-order valence-electron chi connectivity index (χ1n) is 8.32. The van der Waals surface area contributed by atoms with Crippen LogP contribution in [0.25, 0.3) is 5.69 Å². The normalized spacial score (nSPS) is 15.8. The van der Waals surface area contributed by atoms with Crippen LogP contribution in [-0.4, -0.2) is 27.4 Å². The molecule has 0 fully saturated rings. The van der Waals surface area contributed by atoms with Crippen molar-refractivity contribution < 1.29 is 27.8 Å². The lowest BCUT2D eigenvalue weighted by atomic mass is 10.1. The molecule has 28 heavy (non-hydrogen) atoms. The Labute approximate surface area is 157 Å². The molecule has 1 atom stereocenters. The molecule has 144 valence electrons. The summed E-state index contributed by atoms with van der Waals surface area (Å²) < 4.78 is 46.0. The van der Waals surface area contributed by atoms with Crippen molar-refractivity contribution in [2.45, 2.75) is 12.2 Å². The maximum Gasteiger partial charge on any atom is 0.418 e. The average molecular weight is 389 g/mol. The first-order valence-corrected chi connectivity index (χ1v) is 8.32. The van der Waals surface area contributed by atoms with Crippen LogP contribution < -0.4 is 10.1 Å². The lowest BCUT2D eigenvalue weighted by molar-refractivity contribution is -0.137. The summed E-state index contributed by atoms with van der Waals surface area (Å²) in [6.07, 6.45) is -3.63. The van der Waals surface area contributed by atoms with Gasteiger partial charge in [0.05, 0.1) is 23.5 Å². The van der Waals surface area contributed by atoms with Gasteiger partial charge in [-0.2, -0.15) is 18.3 Å². The van der Waals surface area contributed by atoms with E-state index in [0.717, 1.165) is 22.5 Å². The van der Waals surface area contributed by atoms with Gasteiger partial charge in [-0.1, -0.05) is 30.3 Å². The monoisotopic (exact) mass is 389 g/mol. The van der Waals surface area contributed by atoms with E-state index in [1.807, 2.05) is 0 Å². The first-order chi connectivity index (χ1) is 13.3. The molecule has 0 bridgehead atoms. The predicted octanol–water partition coefficient (Wildman–Crippen LogP) is 3.46. The number of fused-ring (bicyclic) bond motifs is 1. The highest BCUT2D eigenvalue weighted by Crippen LogP contribution is 2.35. The molecule has 9 heteroatoms. The molecule has 1 aliphatic rings. The Balaban J connectivity index is 1.62. The minimum atomic E-state index is -4.61. The number of nitrogens with one attached hydrogen (secondary N) is 1. The van der Waals surface area contributed by atoms with Gasteiger partial charge in [-0.3, -0.25) is 4.79 Å². The van der Waals surface area contributed by atoms with E-state index >= 15 is 0 Å². The molecule has 2 aromatic carbocycles. The van der Waals surface area contributed by atoms with Gasteiger partial charge in [-0.15, -0.1) is 0 Å². The van der Waals surface area contributed by atoms with Crippen LogP contribution in [0.3, 0.4) is 0 Å². The third-order valence-electron chi connectivity index (χ3n) is 4.37. The van der Waals surface area contributed by atoms with Crippen LogP contribution in [-0.2, 0) is 6.18 Å². The Morgan fingerprint density at radius 2 is 1.89 bits per heavy atom. The molecule has 1 amide bonds. The van der Waals surface area contributed by atoms with Crippen molar-refractivity contribution in [3.8, 4) is 17.2 Å². The lowest BCUT2D eigenvalue weighted by Crippen LogP contribution is -2.30. The number of para-hydroxylation sites is 2. The number of ether oxygens (including phenoxy) is 1. The third kappa shape index (κ3) is 3.15. The standard InChI is InChI=1S/C19H14F3N3O3/c20-19(21,22)12-6-2-3-7-14(12)25-9-15(26)17(24-25)18(27)23-13-10-28-16-8-4-1-5-11(13)16/h1-9,13,26H,10H2,(H,23,27)/t13-/m1/s1. The van der Waals surface area contributed by atoms with Crippen molar-refractivity contribution in [2.75, 3.05) is 6.61 Å². The van der Waals surface area contributed by atoms with Gasteiger partial charge in [-0.05, 0) is 18.2 Å². The van der Waals surface area contributed by atoms with Crippen LogP contribution in [0.2, 0.25) is 0 Å². The maximum atomic E-state index is 13.2. The van der Waals surface area contributed by atoms with Gasteiger partial charge in [0.1, 0.15) is 12.4 Å². The van der Waals surface area contributed by atoms with Gasteiger partial charge in [0, 0.05) is 5.56 Å². The molecule has 2 N–H and O–H groups in total. The summed E-state index contributed by atoms with van der Waals surface area (Å²) in [7, 11) is 0. The number of alkyl halides is 3. The first kappa shape index (κ1) is 17.9. The number of hydrogen-bond acceptors (Lipinski definition) is 4. The number of halogens is 3. The van der Waals surface area contributed by atoms with Crippen molar-refractivity contribution in [1.82, 2.24) is 15.1 Å². The fourth-order valence-corrected chi connectivity index (χ4v) is 3.07. The minimum absolute atomic E-state index is 0.212. The molecule has 2 heterocycles. The molecule has 0 aliphatic carbocycles. The van der Waals surface area contributed by atoms with E-state index in [2.05, 4.69) is 10.4 Å². The summed E-state index contributed by atoms with van der Waals surface area (Å²) in [4.78, 5) is 12.5. The molecule has 3 aromatic rings. The number of nitrogens with zero attached hydrogens (tertiary/aromatic N) is 2. The zero-order valence-corrected chi connectivity index (χ0v) is 14.3. The van der Waals surface area contributed by atoms with Gasteiger partial charge in [0.15, 0.2) is 11.4 Å². The van der Waals surface area contributed by atoms with Crippen LogP contribution in [0, 0.1) is 0 Å². The van der Waals surface area contributed by atoms with Crippen LogP contribution in [0.15, 0.2) is 54.7 Å². The molecule has 6 nitrogen and oxygen atoms in total. The van der Waals surface area contributed by atoms with E-state index in [4.69, 9.17) is 4.74 Å². The number of aromatic hydroxyl groups is 1. The van der Waals surface area contributed by atoms with Gasteiger partial charge in [0.25, 0.3) is 5.91 Å². The number of benzene rings is 2. The van der Waals surface area contributed by atoms with Crippen molar-refractivity contribution in [2.24, 2.45) is 0 Å². The number of carbonyl (C=O) groups is 1. The number of amides is 1. The van der Waals surface area contributed by atoms with Gasteiger partial charge < -0.3 is 15.2 Å². The topological polar surface area (TPSA) is 76.4 Å². The molecule has 0 unspecified atom stereocenters. The molecule has 0 saturated carbocycles. The van der Waals surface area contributed by atoms with Crippen molar-refractivity contribution in [3.63, 3.8) is 0 Å². The van der Waals surface area contributed by atoms with Crippen molar-refractivity contribution >= 4 is 5.91 Å². The number of hydrogen-bond donors (Lipinski definition) is 2. The Kier molecular flexibility index (Phi) is 4.21. The Hall–Kier alpha value is -3.49. The maximum absolute atomic E-state index is 13.2. The Morgan fingerprint density at radius 1 is 1.18 bits per heavy atom. The number of rotatable bonds is 3. The highest BCUT2D eigenvalue weighted by molar-refractivity contribution is 5.95. The molecule has 4 rings (SSSR count). The second-order valence-electron chi connectivity index (χ2n) is 6.20. The molecule has 0 radical (unpaired) electrons. The van der Waals surface area contributed by atoms with Crippen molar-refractivity contribution in [3.05, 3.63) is 71.5 Å². The van der Waals surface area contributed by atoms with Gasteiger partial charge in [-0.25, -0.2) is 4.68 Å². The van der Waals surface area contributed by atoms with E-state index in [9.17, 15) is 23.1 Å². The number of aromatic nitrogens is 2. The molecular formula is C19H14F3N3O3. The zero-order chi connectivity index (χ0) is 19.9. The van der Waals surface area contributed by atoms with E-state index in [1.54, 1.807) is 24.3 Å². The number of carbonyl (C=O) groups excluding carboxylic acids is 1. The summed E-state index contributed by atoms with van der Waals surface area (Å²) in [5, 5.41) is 16.6. The van der Waals surface area contributed by atoms with Gasteiger partial charge in [0.2, 0.25) is 0 Å². The highest BCUT2D eigenvalue weighted by atomic mass is 19.4. The van der Waals surface area contributed by atoms with Crippen LogP contribution in [0.1, 0.15) is 27.7 Å². The highest BCUT2D eigenvalue weighted by Gasteiger charge is 2.34. The third-order valence-corrected chi connectivity index (χ3v) is 4.37. The van der Waals surface area contributed by atoms with E-state index in [0.29, 0.717) is 5.75 Å². The lowest BCUT2D eigenvalue weighted by Gasteiger charge is -2.12. The summed E-state index contributed by atoms with van der Waals surface area (Å²) >= 11 is 0. The molecule has 1 aliphatic heterocycles. The zero-order valence-electron chi connectivity index (χ0n) is 14.3. The van der Waals surface area contributed by atoms with Crippen LogP contribution >= 0.6 is 0 Å². The average Bonchev–Trinajstić information content (AvgIpc) is 3.25. The largest absolute Gasteiger partial charge is 0.504 e. The van der Waals surface area contributed by atoms with E-state index in [1.165, 1.54) is 18.2 Å². The smallest absolute Gasteiger partial charge is 0.418 e. The Morgan fingerprint density at radius 3 is 2.68 bits per heavy atom. The van der Waals surface area contributed by atoms with E-state index in [-0.39, 0.29) is 18.0 Å². The van der Waals surface area contributed by atoms with Gasteiger partial charge >= 0.3 is 6.18 Å². The minimum Gasteiger partial charge on any atom is -0.504 e. The molecule has 1 aromatic heterocycles. The summed E-state index contributed by atoms with van der Waals surface area (Å²) in [6, 6.07) is 11.5. The summed E-state index contributed by atoms with van der Waals surface area (Å²) in [5.74, 6) is -0.602. The predicted molar refractivity (Wildman–Crippen MR) is 92.4 cm³/mol.